The molecule has 0 aliphatic carbocycles. The lowest BCUT2D eigenvalue weighted by molar-refractivity contribution is -0.133. The average Bonchev–Trinajstić information content (AvgIpc) is 2.80. The molecule has 33 heavy (non-hydrogen) atoms. The van der Waals surface area contributed by atoms with Gasteiger partial charge in [0, 0.05) is 22.4 Å². The van der Waals surface area contributed by atoms with Gasteiger partial charge in [-0.2, -0.15) is 5.26 Å². The van der Waals surface area contributed by atoms with E-state index in [1.807, 2.05) is 6.07 Å². The molecule has 0 amide bonds. The minimum atomic E-state index is -1.45. The van der Waals surface area contributed by atoms with Crippen molar-refractivity contribution < 1.29 is 24.2 Å². The molecular weight excluding hydrogens is 424 g/mol. The zero-order valence-corrected chi connectivity index (χ0v) is 17.7. The number of hydrogen-bond acceptors (Lipinski definition) is 6. The lowest BCUT2D eigenvalue weighted by Gasteiger charge is -2.28. The molecular formula is C25H18N2O6. The predicted molar refractivity (Wildman–Crippen MR) is 119 cm³/mol. The number of nitriles is 1. The second kappa shape index (κ2) is 8.13. The van der Waals surface area contributed by atoms with Crippen molar-refractivity contribution in [3.05, 3.63) is 92.4 Å². The van der Waals surface area contributed by atoms with Crippen LogP contribution >= 0.6 is 0 Å². The van der Waals surface area contributed by atoms with E-state index in [0.29, 0.717) is 16.9 Å². The topological polar surface area (TPSA) is 141 Å². The summed E-state index contributed by atoms with van der Waals surface area (Å²) in [5.41, 5.74) is 0.116. The summed E-state index contributed by atoms with van der Waals surface area (Å²) in [6.07, 6.45) is 0. The molecule has 0 fully saturated rings. The van der Waals surface area contributed by atoms with Gasteiger partial charge in [-0.25, -0.2) is 9.59 Å². The Morgan fingerprint density at radius 2 is 1.67 bits per heavy atom. The van der Waals surface area contributed by atoms with Crippen LogP contribution in [0.2, 0.25) is 0 Å². The van der Waals surface area contributed by atoms with Gasteiger partial charge in [0.1, 0.15) is 23.1 Å². The van der Waals surface area contributed by atoms with Crippen LogP contribution in [0, 0.1) is 18.3 Å². The normalized spacial score (nSPS) is 15.8. The van der Waals surface area contributed by atoms with Gasteiger partial charge < -0.3 is 19.9 Å². The largest absolute Gasteiger partial charge is 0.478 e. The smallest absolute Gasteiger partial charge is 0.335 e. The van der Waals surface area contributed by atoms with Gasteiger partial charge in [0.25, 0.3) is 0 Å². The highest BCUT2D eigenvalue weighted by atomic mass is 16.4. The molecule has 1 aromatic heterocycles. The van der Waals surface area contributed by atoms with Crippen LogP contribution < -0.4 is 10.7 Å². The van der Waals surface area contributed by atoms with Crippen molar-refractivity contribution in [3.63, 3.8) is 0 Å². The van der Waals surface area contributed by atoms with E-state index >= 15 is 0 Å². The van der Waals surface area contributed by atoms with Gasteiger partial charge in [-0.15, -0.1) is 0 Å². The SMILES string of the molecule is CC1=C(C(=O)O)C(c2cccc3c(=O)c(C)c(-c4ccccc4)oc23)C(C(=O)O)=C(C#N)N1. The molecule has 3 aromatic rings. The molecule has 3 N–H and O–H groups in total. The number of benzene rings is 2. The zero-order valence-electron chi connectivity index (χ0n) is 17.7. The van der Waals surface area contributed by atoms with E-state index in [-0.39, 0.29) is 38.9 Å². The van der Waals surface area contributed by atoms with Crippen LogP contribution in [-0.2, 0) is 9.59 Å². The van der Waals surface area contributed by atoms with Gasteiger partial charge in [-0.05, 0) is 19.9 Å². The molecule has 1 unspecified atom stereocenters. The van der Waals surface area contributed by atoms with E-state index in [0.717, 1.165) is 0 Å². The number of aliphatic carboxylic acids is 2. The number of hydrogen-bond donors (Lipinski definition) is 3. The molecule has 0 bridgehead atoms. The van der Waals surface area contributed by atoms with Gasteiger partial charge in [-0.3, -0.25) is 4.79 Å². The molecule has 1 aliphatic rings. The van der Waals surface area contributed by atoms with Gasteiger partial charge in [-0.1, -0.05) is 42.5 Å². The molecule has 0 radical (unpaired) electrons. The van der Waals surface area contributed by atoms with E-state index < -0.39 is 23.4 Å². The Morgan fingerprint density at radius 1 is 1.00 bits per heavy atom. The third kappa shape index (κ3) is 3.46. The van der Waals surface area contributed by atoms with Crippen LogP contribution in [0.25, 0.3) is 22.3 Å². The van der Waals surface area contributed by atoms with Crippen LogP contribution in [0.5, 0.6) is 0 Å². The van der Waals surface area contributed by atoms with E-state index in [4.69, 9.17) is 4.42 Å². The van der Waals surface area contributed by atoms with E-state index in [2.05, 4.69) is 5.32 Å². The van der Waals surface area contributed by atoms with Gasteiger partial charge >= 0.3 is 11.9 Å². The fraction of sp³-hybridized carbons (Fsp3) is 0.120. The number of rotatable bonds is 4. The number of carbonyl (C=O) groups is 2. The van der Waals surface area contributed by atoms with Crippen LogP contribution in [0.15, 0.2) is 80.3 Å². The summed E-state index contributed by atoms with van der Waals surface area (Å²) in [6, 6.07) is 15.3. The number of nitrogens with one attached hydrogen (secondary N) is 1. The summed E-state index contributed by atoms with van der Waals surface area (Å²) < 4.78 is 6.17. The summed E-state index contributed by atoms with van der Waals surface area (Å²) in [4.78, 5) is 37.5. The highest BCUT2D eigenvalue weighted by Gasteiger charge is 2.39. The zero-order chi connectivity index (χ0) is 23.9. The maximum absolute atomic E-state index is 13.2. The van der Waals surface area contributed by atoms with Crippen molar-refractivity contribution in [1.29, 1.82) is 5.26 Å². The summed E-state index contributed by atoms with van der Waals surface area (Å²) in [6.45, 7) is 3.08. The molecule has 1 aliphatic heterocycles. The molecule has 0 spiro atoms. The fourth-order valence-corrected chi connectivity index (χ4v) is 4.16. The first-order valence-corrected chi connectivity index (χ1v) is 9.96. The van der Waals surface area contributed by atoms with E-state index in [1.54, 1.807) is 49.4 Å². The van der Waals surface area contributed by atoms with Crippen molar-refractivity contribution in [2.45, 2.75) is 19.8 Å². The standard InChI is InChI=1S/C25H18N2O6/c1-12-21(28)16-10-6-9-15(23(16)33-22(12)14-7-4-3-5-8-14)19-18(24(29)30)13(2)27-17(11-26)20(19)25(31)32/h3-10,19,27H,1-2H3,(H,29,30)(H,31,32). The quantitative estimate of drug-likeness (QED) is 0.556. The van der Waals surface area contributed by atoms with Gasteiger partial charge in [0.05, 0.1) is 22.5 Å². The number of para-hydroxylation sites is 1. The number of fused-ring (bicyclic) bond motifs is 1. The Kier molecular flexibility index (Phi) is 5.32. The second-order valence-electron chi connectivity index (χ2n) is 7.58. The Hall–Kier alpha value is -4.64. The molecule has 8 heteroatoms. The summed E-state index contributed by atoms with van der Waals surface area (Å²) in [5.74, 6) is -3.84. The van der Waals surface area contributed by atoms with Crippen LogP contribution in [-0.4, -0.2) is 22.2 Å². The van der Waals surface area contributed by atoms with Gasteiger partial charge in [0.2, 0.25) is 0 Å². The molecule has 8 nitrogen and oxygen atoms in total. The van der Waals surface area contributed by atoms with Gasteiger partial charge in [0.15, 0.2) is 5.43 Å². The monoisotopic (exact) mass is 442 g/mol. The summed E-state index contributed by atoms with van der Waals surface area (Å²) in [5, 5.41) is 32.1. The molecule has 2 aromatic carbocycles. The molecule has 2 heterocycles. The van der Waals surface area contributed by atoms with E-state index in [1.165, 1.54) is 13.0 Å². The van der Waals surface area contributed by atoms with Crippen molar-refractivity contribution in [1.82, 2.24) is 5.32 Å². The van der Waals surface area contributed by atoms with Crippen LogP contribution in [0.1, 0.15) is 24.0 Å². The average molecular weight is 442 g/mol. The first kappa shape index (κ1) is 21.6. The highest BCUT2D eigenvalue weighted by molar-refractivity contribution is 6.00. The number of carboxylic acids is 2. The fourth-order valence-electron chi connectivity index (χ4n) is 4.16. The van der Waals surface area contributed by atoms with Crippen molar-refractivity contribution in [2.24, 2.45) is 0 Å². The minimum absolute atomic E-state index is 0.0708. The number of carboxylic acid groups (broad SMARTS) is 2. The molecule has 4 rings (SSSR count). The van der Waals surface area contributed by atoms with Crippen molar-refractivity contribution >= 4 is 22.9 Å². The lowest BCUT2D eigenvalue weighted by atomic mass is 9.79. The first-order valence-electron chi connectivity index (χ1n) is 9.96. The third-order valence-electron chi connectivity index (χ3n) is 5.66. The Balaban J connectivity index is 2.13. The van der Waals surface area contributed by atoms with E-state index in [9.17, 15) is 29.9 Å². The lowest BCUT2D eigenvalue weighted by Crippen LogP contribution is -2.31. The maximum atomic E-state index is 13.2. The van der Waals surface area contributed by atoms with Crippen molar-refractivity contribution in [3.8, 4) is 17.4 Å². The Bertz CT molecular complexity index is 1490. The predicted octanol–water partition coefficient (Wildman–Crippen LogP) is 3.68. The van der Waals surface area contributed by atoms with Crippen LogP contribution in [0.3, 0.4) is 0 Å². The summed E-state index contributed by atoms with van der Waals surface area (Å²) in [7, 11) is 0. The molecule has 0 saturated heterocycles. The molecule has 1 atom stereocenters. The maximum Gasteiger partial charge on any atom is 0.335 e. The highest BCUT2D eigenvalue weighted by Crippen LogP contribution is 2.41. The minimum Gasteiger partial charge on any atom is -0.478 e. The van der Waals surface area contributed by atoms with Crippen LogP contribution in [0.4, 0.5) is 0 Å². The molecule has 0 saturated carbocycles. The number of allylic oxidation sites excluding steroid dienone is 2. The Labute approximate surface area is 187 Å². The first-order chi connectivity index (χ1) is 15.8. The second-order valence-corrected chi connectivity index (χ2v) is 7.58. The Morgan fingerprint density at radius 3 is 2.27 bits per heavy atom. The molecule has 164 valence electrons. The van der Waals surface area contributed by atoms with Crippen molar-refractivity contribution in [2.75, 3.05) is 0 Å². The number of nitrogens with zero attached hydrogens (tertiary/aromatic N) is 1. The summed E-state index contributed by atoms with van der Waals surface area (Å²) >= 11 is 0. The third-order valence-corrected chi connectivity index (χ3v) is 5.66. The number of dihydropyridines is 1.